The lowest BCUT2D eigenvalue weighted by atomic mass is 9.95. The number of amides is 2. The number of benzene rings is 2. The maximum Gasteiger partial charge on any atom is 0.408 e. The van der Waals surface area contributed by atoms with Gasteiger partial charge in [0.25, 0.3) is 0 Å². The largest absolute Gasteiger partial charge is 0.445 e. The minimum atomic E-state index is -1.32. The van der Waals surface area contributed by atoms with Gasteiger partial charge in [-0.25, -0.2) is 4.79 Å². The summed E-state index contributed by atoms with van der Waals surface area (Å²) in [7, 11) is 0. The number of carbonyl (C=O) groups is 3. The second kappa shape index (κ2) is 11.7. The van der Waals surface area contributed by atoms with Gasteiger partial charge in [0.2, 0.25) is 5.91 Å². The fraction of sp³-hybridized carbons (Fsp3) is 0.273. The minimum absolute atomic E-state index is 0.0109. The fourth-order valence-corrected chi connectivity index (χ4v) is 2.79. The molecule has 0 spiro atoms. The number of hydrogen-bond donors (Lipinski definition) is 4. The molecule has 2 atom stereocenters. The lowest BCUT2D eigenvalue weighted by molar-refractivity contribution is -0.125. The van der Waals surface area contributed by atoms with Crippen molar-refractivity contribution in [3.05, 3.63) is 77.8 Å². The fourth-order valence-electron chi connectivity index (χ4n) is 2.79. The Kier molecular flexibility index (Phi) is 8.99. The molecule has 30 heavy (non-hydrogen) atoms. The summed E-state index contributed by atoms with van der Waals surface area (Å²) < 4.78 is 5.07. The number of hydrogen-bond acceptors (Lipinski definition) is 6. The zero-order chi connectivity index (χ0) is 21.9. The van der Waals surface area contributed by atoms with Crippen LogP contribution in [-0.2, 0) is 27.4 Å². The quantitative estimate of drug-likeness (QED) is 0.436. The second-order valence-corrected chi connectivity index (χ2v) is 6.79. The average molecular weight is 412 g/mol. The van der Waals surface area contributed by atoms with Crippen LogP contribution < -0.4 is 16.8 Å². The Morgan fingerprint density at radius 1 is 0.933 bits per heavy atom. The number of nitrogens with two attached hydrogens (primary N) is 2. The van der Waals surface area contributed by atoms with Gasteiger partial charge in [0.1, 0.15) is 18.7 Å². The Hall–Kier alpha value is -3.23. The van der Waals surface area contributed by atoms with Crippen LogP contribution in [0.15, 0.2) is 60.7 Å². The summed E-state index contributed by atoms with van der Waals surface area (Å²) in [6, 6.07) is 16.7. The molecule has 6 N–H and O–H groups in total. The first kappa shape index (κ1) is 23.1. The second-order valence-electron chi connectivity index (χ2n) is 6.79. The van der Waals surface area contributed by atoms with E-state index in [2.05, 4.69) is 5.32 Å². The van der Waals surface area contributed by atoms with Crippen LogP contribution in [0.25, 0.3) is 0 Å². The van der Waals surface area contributed by atoms with E-state index < -0.39 is 36.4 Å². The minimum Gasteiger partial charge on any atom is -0.445 e. The van der Waals surface area contributed by atoms with Gasteiger partial charge in [-0.3, -0.25) is 9.59 Å². The number of aliphatic hydroxyl groups is 1. The van der Waals surface area contributed by atoms with E-state index in [1.165, 1.54) is 0 Å². The Balaban J connectivity index is 1.92. The third kappa shape index (κ3) is 7.65. The van der Waals surface area contributed by atoms with Crippen LogP contribution in [0.4, 0.5) is 4.79 Å². The van der Waals surface area contributed by atoms with Gasteiger partial charge in [0.05, 0.1) is 12.5 Å². The van der Waals surface area contributed by atoms with E-state index >= 15 is 0 Å². The van der Waals surface area contributed by atoms with Crippen molar-refractivity contribution in [2.24, 2.45) is 11.5 Å². The molecule has 159 valence electrons. The Morgan fingerprint density at radius 3 is 2.07 bits per heavy atom. The molecule has 2 unspecified atom stereocenters. The number of ketones is 1. The predicted octanol–water partition coefficient (Wildman–Crippen LogP) is 1.21. The van der Waals surface area contributed by atoms with E-state index in [1.807, 2.05) is 36.4 Å². The summed E-state index contributed by atoms with van der Waals surface area (Å²) in [6.07, 6.45) is -1.88. The zero-order valence-corrected chi connectivity index (χ0v) is 16.5. The molecule has 0 aliphatic carbocycles. The lowest BCUT2D eigenvalue weighted by Gasteiger charge is -2.22. The van der Waals surface area contributed by atoms with E-state index in [0.717, 1.165) is 11.1 Å². The van der Waals surface area contributed by atoms with Crippen molar-refractivity contribution < 1.29 is 24.2 Å². The SMILES string of the molecule is N[C](C(=O)C(CC(N)=O)NC(=O)OCc1ccccc1)C(O)CCc1ccccc1. The molecule has 0 saturated heterocycles. The van der Waals surface area contributed by atoms with E-state index in [9.17, 15) is 19.5 Å². The molecular weight excluding hydrogens is 386 g/mol. The highest BCUT2D eigenvalue weighted by atomic mass is 16.5. The Bertz CT molecular complexity index is 829. The molecule has 2 aromatic carbocycles. The number of alkyl carbamates (subject to hydrolysis) is 1. The molecule has 0 aromatic heterocycles. The first-order valence-electron chi connectivity index (χ1n) is 9.51. The molecule has 0 heterocycles. The maximum atomic E-state index is 12.6. The molecule has 2 rings (SSSR count). The number of aliphatic hydroxyl groups excluding tert-OH is 1. The van der Waals surface area contributed by atoms with Gasteiger partial charge in [-0.05, 0) is 24.0 Å². The molecule has 8 nitrogen and oxygen atoms in total. The number of carbonyl (C=O) groups excluding carboxylic acids is 3. The summed E-state index contributed by atoms with van der Waals surface area (Å²) in [5, 5.41) is 12.6. The summed E-state index contributed by atoms with van der Waals surface area (Å²) in [5.41, 5.74) is 12.7. The summed E-state index contributed by atoms with van der Waals surface area (Å²) in [5.74, 6) is -1.57. The van der Waals surface area contributed by atoms with Crippen molar-refractivity contribution in [3.8, 4) is 0 Å². The number of rotatable bonds is 11. The van der Waals surface area contributed by atoms with E-state index in [4.69, 9.17) is 16.2 Å². The number of ether oxygens (including phenoxy) is 1. The van der Waals surface area contributed by atoms with Crippen LogP contribution in [0.1, 0.15) is 24.0 Å². The van der Waals surface area contributed by atoms with Crippen LogP contribution in [0, 0.1) is 6.04 Å². The van der Waals surface area contributed by atoms with Gasteiger partial charge < -0.3 is 26.6 Å². The molecule has 0 bridgehead atoms. The first-order valence-corrected chi connectivity index (χ1v) is 9.51. The summed E-state index contributed by atoms with van der Waals surface area (Å²) in [6.45, 7) is -0.0109. The number of primary amides is 1. The van der Waals surface area contributed by atoms with Gasteiger partial charge in [-0.15, -0.1) is 0 Å². The molecule has 0 aliphatic rings. The molecule has 1 radical (unpaired) electrons. The van der Waals surface area contributed by atoms with Gasteiger partial charge >= 0.3 is 6.09 Å². The van der Waals surface area contributed by atoms with Crippen LogP contribution in [-0.4, -0.2) is 35.0 Å². The molecule has 8 heteroatoms. The molecule has 0 aliphatic heterocycles. The van der Waals surface area contributed by atoms with Gasteiger partial charge in [-0.2, -0.15) is 0 Å². The van der Waals surface area contributed by atoms with Gasteiger partial charge in [-0.1, -0.05) is 60.7 Å². The van der Waals surface area contributed by atoms with E-state index in [1.54, 1.807) is 24.3 Å². The topological polar surface area (TPSA) is 145 Å². The van der Waals surface area contributed by atoms with E-state index in [0.29, 0.717) is 6.42 Å². The van der Waals surface area contributed by atoms with Crippen molar-refractivity contribution in [1.82, 2.24) is 5.32 Å². The summed E-state index contributed by atoms with van der Waals surface area (Å²) in [4.78, 5) is 36.1. The van der Waals surface area contributed by atoms with Crippen molar-refractivity contribution in [3.63, 3.8) is 0 Å². The predicted molar refractivity (Wildman–Crippen MR) is 111 cm³/mol. The molecule has 2 amide bonds. The van der Waals surface area contributed by atoms with Crippen LogP contribution in [0.2, 0.25) is 0 Å². The Labute approximate surface area is 175 Å². The highest BCUT2D eigenvalue weighted by molar-refractivity contribution is 6.00. The normalized spacial score (nSPS) is 12.8. The zero-order valence-electron chi connectivity index (χ0n) is 16.5. The number of aryl methyl sites for hydroxylation is 1. The van der Waals surface area contributed by atoms with Gasteiger partial charge in [0.15, 0.2) is 5.78 Å². The molecule has 0 fully saturated rings. The summed E-state index contributed by atoms with van der Waals surface area (Å²) >= 11 is 0. The van der Waals surface area contributed by atoms with Crippen LogP contribution >= 0.6 is 0 Å². The smallest absolute Gasteiger partial charge is 0.408 e. The molecule has 0 saturated carbocycles. The van der Waals surface area contributed by atoms with Crippen molar-refractivity contribution in [2.45, 2.75) is 38.0 Å². The maximum absolute atomic E-state index is 12.6. The number of Topliss-reactive ketones (excluding diaryl/α,β-unsaturated/α-hetero) is 1. The lowest BCUT2D eigenvalue weighted by Crippen LogP contribution is -2.49. The number of nitrogens with one attached hydrogen (secondary N) is 1. The van der Waals surface area contributed by atoms with Crippen LogP contribution in [0.5, 0.6) is 0 Å². The third-order valence-electron chi connectivity index (χ3n) is 4.42. The average Bonchev–Trinajstić information content (AvgIpc) is 2.75. The molecular formula is C22H26N3O5. The third-order valence-corrected chi connectivity index (χ3v) is 4.42. The standard InChI is InChI=1S/C22H26N3O5/c23-19(27)13-17(25-22(29)30-14-16-9-5-2-6-10-16)21(28)20(24)18(26)12-11-15-7-3-1-4-8-15/h1-10,17-18,26H,11-14,24H2,(H2,23,27)(H,25,29). The van der Waals surface area contributed by atoms with Crippen molar-refractivity contribution >= 4 is 17.8 Å². The van der Waals surface area contributed by atoms with Crippen molar-refractivity contribution in [2.75, 3.05) is 0 Å². The van der Waals surface area contributed by atoms with Gasteiger partial charge in [0, 0.05) is 0 Å². The molecule has 2 aromatic rings. The van der Waals surface area contributed by atoms with Crippen LogP contribution in [0.3, 0.4) is 0 Å². The highest BCUT2D eigenvalue weighted by Crippen LogP contribution is 2.13. The monoisotopic (exact) mass is 412 g/mol. The van der Waals surface area contributed by atoms with E-state index in [-0.39, 0.29) is 19.1 Å². The Morgan fingerprint density at radius 2 is 1.50 bits per heavy atom. The first-order chi connectivity index (χ1) is 14.4. The van der Waals surface area contributed by atoms with Crippen molar-refractivity contribution in [1.29, 1.82) is 0 Å². The highest BCUT2D eigenvalue weighted by Gasteiger charge is 2.32.